The number of halogens is 1. The summed E-state index contributed by atoms with van der Waals surface area (Å²) >= 11 is 4.97. The first-order valence-electron chi connectivity index (χ1n) is 18.1. The van der Waals surface area contributed by atoms with Crippen molar-refractivity contribution in [1.82, 2.24) is 14.7 Å². The van der Waals surface area contributed by atoms with Gasteiger partial charge in [0.2, 0.25) is 0 Å². The Hall–Kier alpha value is -4.07. The van der Waals surface area contributed by atoms with Crippen LogP contribution in [0.5, 0.6) is 0 Å². The molecule has 3 amide bonds. The lowest BCUT2D eigenvalue weighted by atomic mass is 9.98. The Bertz CT molecular complexity index is 1470. The Morgan fingerprint density at radius 3 is 1.72 bits per heavy atom. The van der Waals surface area contributed by atoms with E-state index in [2.05, 4.69) is 4.74 Å². The number of rotatable bonds is 4. The maximum Gasteiger partial charge on any atom is 0.410 e. The molecule has 292 valence electrons. The minimum Gasteiger partial charge on any atom is -0.449 e. The van der Waals surface area contributed by atoms with Crippen molar-refractivity contribution >= 4 is 35.3 Å². The van der Waals surface area contributed by atoms with Gasteiger partial charge in [-0.25, -0.2) is 19.2 Å². The molecule has 0 aliphatic carbocycles. The van der Waals surface area contributed by atoms with Crippen LogP contribution in [0.2, 0.25) is 0 Å². The number of fused-ring (bicyclic) bond motifs is 2. The highest BCUT2D eigenvalue weighted by atomic mass is 35.5. The van der Waals surface area contributed by atoms with Crippen LogP contribution in [0.1, 0.15) is 65.5 Å². The van der Waals surface area contributed by atoms with Gasteiger partial charge in [0.15, 0.2) is 0 Å². The predicted molar refractivity (Wildman–Crippen MR) is 197 cm³/mol. The van der Waals surface area contributed by atoms with E-state index in [-0.39, 0.29) is 49.7 Å². The third-order valence-corrected chi connectivity index (χ3v) is 8.78. The molecule has 0 spiro atoms. The second-order valence-electron chi connectivity index (χ2n) is 15.3. The second kappa shape index (κ2) is 19.3. The monoisotopic (exact) mass is 759 g/mol. The van der Waals surface area contributed by atoms with Crippen LogP contribution in [0, 0.1) is 5.92 Å². The van der Waals surface area contributed by atoms with Crippen molar-refractivity contribution in [1.29, 1.82) is 0 Å². The Morgan fingerprint density at radius 2 is 1.19 bits per heavy atom. The summed E-state index contributed by atoms with van der Waals surface area (Å²) in [7, 11) is 0. The number of hydrogen-bond acceptors (Lipinski definition) is 10. The first kappa shape index (κ1) is 41.7. The number of benzene rings is 2. The zero-order chi connectivity index (χ0) is 38.6. The van der Waals surface area contributed by atoms with E-state index in [0.717, 1.165) is 30.7 Å². The minimum atomic E-state index is -0.770. The van der Waals surface area contributed by atoms with E-state index in [1.54, 1.807) is 14.7 Å². The largest absolute Gasteiger partial charge is 0.449 e. The van der Waals surface area contributed by atoms with Gasteiger partial charge in [-0.2, -0.15) is 0 Å². The van der Waals surface area contributed by atoms with E-state index in [9.17, 15) is 19.2 Å². The van der Waals surface area contributed by atoms with Crippen molar-refractivity contribution in [3.8, 4) is 0 Å². The summed E-state index contributed by atoms with van der Waals surface area (Å²) < 4.78 is 32.2. The number of likely N-dealkylation sites (tertiary alicyclic amines) is 2. The molecule has 14 heteroatoms. The normalized spacial score (nSPS) is 22.1. The van der Waals surface area contributed by atoms with Crippen molar-refractivity contribution < 1.29 is 47.6 Å². The van der Waals surface area contributed by atoms with Crippen LogP contribution in [0.3, 0.4) is 0 Å². The number of ether oxygens (including phenoxy) is 6. The molecular weight excluding hydrogens is 706 g/mol. The summed E-state index contributed by atoms with van der Waals surface area (Å²) in [5, 5.41) is 0. The average Bonchev–Trinajstić information content (AvgIpc) is 3.75. The second-order valence-corrected chi connectivity index (χ2v) is 15.6. The molecule has 4 fully saturated rings. The molecule has 6 rings (SSSR count). The molecule has 4 aliphatic heterocycles. The van der Waals surface area contributed by atoms with Gasteiger partial charge in [-0.1, -0.05) is 60.7 Å². The van der Waals surface area contributed by atoms with Crippen LogP contribution >= 0.6 is 11.6 Å². The van der Waals surface area contributed by atoms with Gasteiger partial charge in [-0.3, -0.25) is 4.90 Å². The topological polar surface area (TPSA) is 133 Å². The molecule has 0 radical (unpaired) electrons. The molecule has 0 saturated carbocycles. The van der Waals surface area contributed by atoms with Crippen molar-refractivity contribution in [3.05, 3.63) is 71.8 Å². The fourth-order valence-corrected chi connectivity index (χ4v) is 6.32. The van der Waals surface area contributed by atoms with Crippen molar-refractivity contribution in [2.45, 2.75) is 97.0 Å². The maximum absolute atomic E-state index is 12.5. The maximum atomic E-state index is 12.5. The lowest BCUT2D eigenvalue weighted by Crippen LogP contribution is -2.53. The Balaban J connectivity index is 0.000000197. The lowest BCUT2D eigenvalue weighted by molar-refractivity contribution is -0.0447. The average molecular weight is 760 g/mol. The third kappa shape index (κ3) is 14.0. The number of carbonyl (C=O) groups excluding carboxylic acids is 4. The molecule has 4 atom stereocenters. The van der Waals surface area contributed by atoms with Gasteiger partial charge >= 0.3 is 23.7 Å². The van der Waals surface area contributed by atoms with Gasteiger partial charge < -0.3 is 38.2 Å². The molecule has 2 aromatic rings. The number of carbonyl (C=O) groups is 4. The van der Waals surface area contributed by atoms with E-state index < -0.39 is 16.6 Å². The van der Waals surface area contributed by atoms with E-state index in [1.165, 1.54) is 6.42 Å². The van der Waals surface area contributed by atoms with Crippen LogP contribution in [0.4, 0.5) is 19.2 Å². The number of hydrogen-bond donors (Lipinski definition) is 0. The van der Waals surface area contributed by atoms with Crippen LogP contribution in [0.15, 0.2) is 60.7 Å². The zero-order valence-corrected chi connectivity index (χ0v) is 32.4. The molecule has 4 heterocycles. The molecule has 0 unspecified atom stereocenters. The quantitative estimate of drug-likeness (QED) is 0.232. The molecule has 2 aromatic carbocycles. The molecule has 53 heavy (non-hydrogen) atoms. The van der Waals surface area contributed by atoms with Gasteiger partial charge in [0.25, 0.3) is 0 Å². The van der Waals surface area contributed by atoms with Crippen molar-refractivity contribution in [3.63, 3.8) is 0 Å². The smallest absolute Gasteiger partial charge is 0.410 e. The van der Waals surface area contributed by atoms with Gasteiger partial charge in [0.05, 0.1) is 37.9 Å². The molecule has 0 bridgehead atoms. The summed E-state index contributed by atoms with van der Waals surface area (Å²) in [6, 6.07) is 18.7. The third-order valence-electron chi connectivity index (χ3n) is 8.67. The lowest BCUT2D eigenvalue weighted by Gasteiger charge is -2.35. The standard InChI is InChI=1S/C19H26N2O5.C12H21NO3.C8H7ClO2/c1-19(2,3)26-17(22)20-11-15-16(12-20)24-10-9-21(15)18(23)25-13-14-7-5-4-6-8-14;1-12(2,3)16-11(14)13-7-9-5-4-6-15-10(9)8-13;9-8(10)11-6-7-4-2-1-3-5-7/h4-8,15-16H,9-13H2,1-3H3;9-10H,4-8H2,1-3H3;1-5H,6H2/t15-,16+;9-,10+;/m00./s1. The zero-order valence-electron chi connectivity index (χ0n) is 31.7. The minimum absolute atomic E-state index is 0.203. The van der Waals surface area contributed by atoms with E-state index in [1.807, 2.05) is 102 Å². The van der Waals surface area contributed by atoms with Crippen LogP contribution < -0.4 is 0 Å². The number of amides is 3. The fourth-order valence-electron chi connectivity index (χ4n) is 6.27. The first-order valence-corrected chi connectivity index (χ1v) is 18.5. The van der Waals surface area contributed by atoms with Crippen molar-refractivity contribution in [2.24, 2.45) is 5.92 Å². The van der Waals surface area contributed by atoms with Crippen LogP contribution in [0.25, 0.3) is 0 Å². The Morgan fingerprint density at radius 1 is 0.679 bits per heavy atom. The molecule has 4 aliphatic rings. The van der Waals surface area contributed by atoms with Gasteiger partial charge in [0.1, 0.15) is 24.4 Å². The first-order chi connectivity index (χ1) is 25.1. The molecular formula is C39H54ClN3O10. The van der Waals surface area contributed by atoms with E-state index in [4.69, 9.17) is 35.3 Å². The highest BCUT2D eigenvalue weighted by molar-refractivity contribution is 6.61. The molecule has 4 saturated heterocycles. The summed E-state index contributed by atoms with van der Waals surface area (Å²) in [5.41, 5.74) is 0.133. The molecule has 0 N–H and O–H groups in total. The summed E-state index contributed by atoms with van der Waals surface area (Å²) in [4.78, 5) is 51.9. The van der Waals surface area contributed by atoms with Crippen LogP contribution in [-0.4, -0.2) is 114 Å². The fraction of sp³-hybridized carbons (Fsp3) is 0.590. The highest BCUT2D eigenvalue weighted by Crippen LogP contribution is 2.29. The van der Waals surface area contributed by atoms with Crippen LogP contribution in [-0.2, 0) is 41.6 Å². The van der Waals surface area contributed by atoms with Crippen molar-refractivity contribution in [2.75, 3.05) is 45.9 Å². The Labute approximate surface area is 317 Å². The number of morpholine rings is 1. The van der Waals surface area contributed by atoms with Gasteiger partial charge in [-0.05, 0) is 65.5 Å². The van der Waals surface area contributed by atoms with E-state index in [0.29, 0.717) is 38.7 Å². The summed E-state index contributed by atoms with van der Waals surface area (Å²) in [5.74, 6) is 0.515. The predicted octanol–water partition coefficient (Wildman–Crippen LogP) is 7.24. The molecule has 0 aromatic heterocycles. The molecule has 13 nitrogen and oxygen atoms in total. The Kier molecular flexibility index (Phi) is 15.2. The van der Waals surface area contributed by atoms with Gasteiger partial charge in [0, 0.05) is 43.8 Å². The highest BCUT2D eigenvalue weighted by Gasteiger charge is 2.45. The summed E-state index contributed by atoms with van der Waals surface area (Å²) in [6.07, 6.45) is 1.35. The van der Waals surface area contributed by atoms with E-state index >= 15 is 0 Å². The number of nitrogens with zero attached hydrogens (tertiary/aromatic N) is 3. The summed E-state index contributed by atoms with van der Waals surface area (Å²) in [6.45, 7) is 15.7. The SMILES string of the molecule is CC(C)(C)OC(=O)N1C[C@@H]2CCCO[C@@H]2C1.CC(C)(C)OC(=O)N1C[C@H]2OCCN(C(=O)OCc3ccccc3)[C@H]2C1.O=C(Cl)OCc1ccccc1. The van der Waals surface area contributed by atoms with Gasteiger partial charge in [-0.15, -0.1) is 0 Å².